The number of thiophene rings is 1. The van der Waals surface area contributed by atoms with Crippen LogP contribution in [0.3, 0.4) is 0 Å². The fourth-order valence-corrected chi connectivity index (χ4v) is 2.97. The van der Waals surface area contributed by atoms with Gasteiger partial charge in [-0.1, -0.05) is 0 Å². The lowest BCUT2D eigenvalue weighted by Gasteiger charge is -2.22. The molecule has 0 unspecified atom stereocenters. The lowest BCUT2D eigenvalue weighted by atomic mass is 10.1. The first kappa shape index (κ1) is 15.3. The summed E-state index contributed by atoms with van der Waals surface area (Å²) in [5.74, 6) is -1.17. The zero-order valence-electron chi connectivity index (χ0n) is 12.1. The van der Waals surface area contributed by atoms with Crippen molar-refractivity contribution in [2.45, 2.75) is 26.3 Å². The molecule has 0 aliphatic heterocycles. The van der Waals surface area contributed by atoms with E-state index in [9.17, 15) is 14.7 Å². The molecule has 0 aliphatic rings. The van der Waals surface area contributed by atoms with Gasteiger partial charge in [0.15, 0.2) is 0 Å². The summed E-state index contributed by atoms with van der Waals surface area (Å²) in [6.45, 7) is 4.82. The molecule has 7 nitrogen and oxygen atoms in total. The predicted molar refractivity (Wildman–Crippen MR) is 74.2 cm³/mol. The van der Waals surface area contributed by atoms with Crippen molar-refractivity contribution in [3.63, 3.8) is 0 Å². The first-order valence-corrected chi connectivity index (χ1v) is 6.99. The van der Waals surface area contributed by atoms with Crippen LogP contribution in [0.5, 0.6) is 0 Å². The van der Waals surface area contributed by atoms with E-state index in [2.05, 4.69) is 9.97 Å². The number of ether oxygens (including phenoxy) is 1. The lowest BCUT2D eigenvalue weighted by molar-refractivity contribution is -0.642. The van der Waals surface area contributed by atoms with Crippen LogP contribution in [0.4, 0.5) is 5.82 Å². The highest BCUT2D eigenvalue weighted by Gasteiger charge is 2.28. The number of nitrogens with zero attached hydrogens (tertiary/aromatic N) is 2. The first-order chi connectivity index (χ1) is 9.77. The van der Waals surface area contributed by atoms with Crippen LogP contribution in [0.2, 0.25) is 0 Å². The summed E-state index contributed by atoms with van der Waals surface area (Å²) in [7, 11) is 1.31. The van der Waals surface area contributed by atoms with Crippen LogP contribution >= 0.6 is 11.3 Å². The van der Waals surface area contributed by atoms with Crippen molar-refractivity contribution in [1.82, 2.24) is 9.97 Å². The summed E-state index contributed by atoms with van der Waals surface area (Å²) in [6, 6.07) is 0. The molecule has 112 valence electrons. The van der Waals surface area contributed by atoms with Crippen molar-refractivity contribution in [1.29, 1.82) is 0 Å². The van der Waals surface area contributed by atoms with Crippen molar-refractivity contribution in [2.75, 3.05) is 7.11 Å². The first-order valence-electron chi connectivity index (χ1n) is 6.17. The number of aryl methyl sites for hydroxylation is 1. The number of hydrogen-bond donors (Lipinski definition) is 1. The highest BCUT2D eigenvalue weighted by molar-refractivity contribution is 7.20. The number of carbonyl (C=O) groups is 2. The third kappa shape index (κ3) is 2.72. The third-order valence-corrected chi connectivity index (χ3v) is 4.33. The Hall–Kier alpha value is -2.06. The van der Waals surface area contributed by atoms with Crippen molar-refractivity contribution >= 4 is 39.3 Å². The van der Waals surface area contributed by atoms with Gasteiger partial charge in [-0.15, -0.1) is 11.3 Å². The maximum atomic E-state index is 11.7. The highest BCUT2D eigenvalue weighted by Crippen LogP contribution is 2.32. The number of hydrogen-bond acceptors (Lipinski definition) is 7. The normalized spacial score (nSPS) is 11.6. The second kappa shape index (κ2) is 5.38. The number of rotatable bonds is 4. The second-order valence-electron chi connectivity index (χ2n) is 5.14. The number of fused-ring (bicyclic) bond motifs is 1. The Labute approximate surface area is 125 Å². The average molecular weight is 309 g/mol. The maximum Gasteiger partial charge on any atom is 0.348 e. The van der Waals surface area contributed by atoms with Gasteiger partial charge in [0.25, 0.3) is 0 Å². The van der Waals surface area contributed by atoms with E-state index in [0.717, 1.165) is 0 Å². The highest BCUT2D eigenvalue weighted by atomic mass is 32.1. The molecule has 2 heterocycles. The zero-order valence-corrected chi connectivity index (χ0v) is 12.9. The largest absolute Gasteiger partial charge is 0.544 e. The molecule has 0 amide bonds. The summed E-state index contributed by atoms with van der Waals surface area (Å²) in [5, 5.41) is 13.3. The number of aromatic nitrogens is 2. The van der Waals surface area contributed by atoms with Gasteiger partial charge < -0.3 is 14.6 Å². The van der Waals surface area contributed by atoms with E-state index in [4.69, 9.17) is 4.74 Å². The number of carboxylic acids is 1. The molecule has 0 bridgehead atoms. The summed E-state index contributed by atoms with van der Waals surface area (Å²) >= 11 is 1.20. The second-order valence-corrected chi connectivity index (χ2v) is 6.14. The fraction of sp³-hybridized carbons (Fsp3) is 0.385. The molecule has 21 heavy (non-hydrogen) atoms. The van der Waals surface area contributed by atoms with E-state index in [1.165, 1.54) is 43.9 Å². The number of aliphatic carboxylic acids is 1. The fourth-order valence-electron chi connectivity index (χ4n) is 1.90. The maximum absolute atomic E-state index is 11.7. The number of carbonyl (C=O) groups excluding carboxylic acids is 2. The van der Waals surface area contributed by atoms with Crippen LogP contribution in [-0.4, -0.2) is 34.6 Å². The molecular weight excluding hydrogens is 294 g/mol. The molecule has 0 spiro atoms. The monoisotopic (exact) mass is 309 g/mol. The number of esters is 1. The van der Waals surface area contributed by atoms with E-state index >= 15 is 0 Å². The number of carboxylic acid groups (broad SMARTS) is 1. The van der Waals surface area contributed by atoms with E-state index in [-0.39, 0.29) is 0 Å². The third-order valence-electron chi connectivity index (χ3n) is 3.15. The number of methoxy groups -OCH3 is 1. The standard InChI is InChI=1S/C13H15N3O4S/c1-6-7-9(16-13(2,3)12(18)19)14-5-15-10(7)21-8(6)11(17)20-4/h5H,1-4H3,(H,18,19)(H,14,15,16). The topological polar surface area (TPSA) is 109 Å². The molecule has 8 heteroatoms. The van der Waals surface area contributed by atoms with Crippen molar-refractivity contribution in [3.05, 3.63) is 16.8 Å². The molecule has 2 aromatic rings. The van der Waals surface area contributed by atoms with Crippen molar-refractivity contribution in [2.24, 2.45) is 0 Å². The van der Waals surface area contributed by atoms with Gasteiger partial charge in [0, 0.05) is 0 Å². The molecule has 0 fully saturated rings. The van der Waals surface area contributed by atoms with Gasteiger partial charge in [-0.05, 0) is 26.3 Å². The number of quaternary nitrogens is 1. The van der Waals surface area contributed by atoms with Gasteiger partial charge in [0.05, 0.1) is 12.5 Å². The minimum atomic E-state index is -1.20. The van der Waals surface area contributed by atoms with Crippen LogP contribution < -0.4 is 10.4 Å². The summed E-state index contributed by atoms with van der Waals surface area (Å²) in [5.41, 5.74) is -0.496. The van der Waals surface area contributed by atoms with E-state index in [1.807, 2.05) is 0 Å². The molecule has 0 atom stereocenters. The van der Waals surface area contributed by atoms with E-state index in [1.54, 1.807) is 6.92 Å². The molecule has 0 aromatic carbocycles. The predicted octanol–water partition coefficient (Wildman–Crippen LogP) is -0.490. The van der Waals surface area contributed by atoms with Crippen LogP contribution in [0.15, 0.2) is 6.33 Å². The van der Waals surface area contributed by atoms with Crippen LogP contribution in [0.1, 0.15) is 29.1 Å². The molecule has 0 saturated carbocycles. The van der Waals surface area contributed by atoms with E-state index in [0.29, 0.717) is 26.5 Å². The van der Waals surface area contributed by atoms with Gasteiger partial charge in [-0.2, -0.15) is 4.98 Å². The Morgan fingerprint density at radius 1 is 1.38 bits per heavy atom. The average Bonchev–Trinajstić information content (AvgIpc) is 2.76. The molecule has 2 aromatic heterocycles. The molecule has 0 aliphatic carbocycles. The van der Waals surface area contributed by atoms with Crippen LogP contribution in [0.25, 0.3) is 10.2 Å². The Balaban J connectivity index is 2.58. The van der Waals surface area contributed by atoms with Gasteiger partial charge >= 0.3 is 5.97 Å². The Morgan fingerprint density at radius 2 is 2.05 bits per heavy atom. The Morgan fingerprint density at radius 3 is 2.62 bits per heavy atom. The Kier molecular flexibility index (Phi) is 3.93. The van der Waals surface area contributed by atoms with Crippen LogP contribution in [-0.2, 0) is 9.53 Å². The van der Waals surface area contributed by atoms with Gasteiger partial charge in [-0.3, -0.25) is 5.32 Å². The Bertz CT molecular complexity index is 724. The summed E-state index contributed by atoms with van der Waals surface area (Å²) in [6.07, 6.45) is 1.34. The number of nitrogens with two attached hydrogens (primary N) is 1. The molecular formula is C13H15N3O4S. The summed E-state index contributed by atoms with van der Waals surface area (Å²) < 4.78 is 4.73. The summed E-state index contributed by atoms with van der Waals surface area (Å²) in [4.78, 5) is 32.2. The smallest absolute Gasteiger partial charge is 0.348 e. The minimum Gasteiger partial charge on any atom is -0.544 e. The molecule has 2 rings (SSSR count). The van der Waals surface area contributed by atoms with Gasteiger partial charge in [-0.25, -0.2) is 9.78 Å². The minimum absolute atomic E-state index is 0.439. The van der Waals surface area contributed by atoms with Crippen molar-refractivity contribution < 1.29 is 24.7 Å². The van der Waals surface area contributed by atoms with Crippen molar-refractivity contribution in [3.8, 4) is 0 Å². The molecule has 0 radical (unpaired) electrons. The quantitative estimate of drug-likeness (QED) is 0.763. The van der Waals surface area contributed by atoms with Gasteiger partial charge in [0.1, 0.15) is 27.5 Å². The SMILES string of the molecule is COC(=O)c1sc2ncnc([NH2+]C(C)(C)C(=O)[O-])c2c1C. The van der Waals surface area contributed by atoms with Gasteiger partial charge in [0.2, 0.25) is 5.82 Å². The molecule has 2 N–H and O–H groups in total. The van der Waals surface area contributed by atoms with Crippen LogP contribution in [0, 0.1) is 6.92 Å². The zero-order chi connectivity index (χ0) is 15.8. The van der Waals surface area contributed by atoms with E-state index < -0.39 is 17.5 Å². The molecule has 0 saturated heterocycles. The lowest BCUT2D eigenvalue weighted by Crippen LogP contribution is -2.94.